The third-order valence-corrected chi connectivity index (χ3v) is 9.13. The molecule has 2 aromatic rings. The summed E-state index contributed by atoms with van der Waals surface area (Å²) in [7, 11) is 1.18. The zero-order valence-corrected chi connectivity index (χ0v) is 23.8. The van der Waals surface area contributed by atoms with E-state index in [4.69, 9.17) is 16.3 Å². The number of alkyl halides is 3. The normalized spacial score (nSPS) is 25.3. The second-order valence-electron chi connectivity index (χ2n) is 11.4. The highest BCUT2D eigenvalue weighted by atomic mass is 35.5. The smallest absolute Gasteiger partial charge is 0.435 e. The highest BCUT2D eigenvalue weighted by Crippen LogP contribution is 2.43. The number of fused-ring (bicyclic) bond motifs is 1. The Bertz CT molecular complexity index is 1280. The van der Waals surface area contributed by atoms with Crippen molar-refractivity contribution in [3.05, 3.63) is 39.7 Å². The summed E-state index contributed by atoms with van der Waals surface area (Å²) < 4.78 is 47.6. The van der Waals surface area contributed by atoms with Crippen LogP contribution in [0.15, 0.2) is 12.1 Å². The van der Waals surface area contributed by atoms with Crippen LogP contribution in [-0.4, -0.2) is 56.2 Å². The molecule has 40 heavy (non-hydrogen) atoms. The van der Waals surface area contributed by atoms with E-state index in [1.54, 1.807) is 17.0 Å². The van der Waals surface area contributed by atoms with E-state index in [0.717, 1.165) is 37.7 Å². The number of hydrogen-bond donors (Lipinski definition) is 0. The molecule has 1 aromatic heterocycles. The summed E-state index contributed by atoms with van der Waals surface area (Å²) in [6.45, 7) is 4.86. The number of aryl methyl sites for hydroxylation is 1. The first kappa shape index (κ1) is 28.7. The Kier molecular flexibility index (Phi) is 8.05. The largest absolute Gasteiger partial charge is 0.487 e. The van der Waals surface area contributed by atoms with Crippen LogP contribution in [0.5, 0.6) is 5.75 Å². The highest BCUT2D eigenvalue weighted by molar-refractivity contribution is 6.31. The maximum atomic E-state index is 14.0. The number of rotatable bonds is 6. The summed E-state index contributed by atoms with van der Waals surface area (Å²) in [5.74, 6) is 0.467. The van der Waals surface area contributed by atoms with Gasteiger partial charge < -0.3 is 14.5 Å². The van der Waals surface area contributed by atoms with Gasteiger partial charge in [-0.2, -0.15) is 13.2 Å². The van der Waals surface area contributed by atoms with Gasteiger partial charge in [0.25, 0.3) is 0 Å². The van der Waals surface area contributed by atoms with Gasteiger partial charge in [0.1, 0.15) is 18.1 Å². The van der Waals surface area contributed by atoms with E-state index in [1.807, 2.05) is 11.8 Å². The Morgan fingerprint density at radius 3 is 2.58 bits per heavy atom. The topological polar surface area (TPSA) is 80.6 Å². The van der Waals surface area contributed by atoms with Crippen molar-refractivity contribution in [2.45, 2.75) is 71.2 Å². The number of benzene rings is 1. The van der Waals surface area contributed by atoms with Crippen LogP contribution in [0.2, 0.25) is 5.02 Å². The second kappa shape index (κ2) is 11.2. The minimum absolute atomic E-state index is 0.0319. The molecule has 1 saturated carbocycles. The molecule has 0 radical (unpaired) electrons. The molecule has 2 fully saturated rings. The molecule has 1 aromatic carbocycles. The van der Waals surface area contributed by atoms with Crippen LogP contribution in [0.25, 0.3) is 0 Å². The molecule has 1 aliphatic carbocycles. The lowest BCUT2D eigenvalue weighted by molar-refractivity contribution is -0.145. The average Bonchev–Trinajstić information content (AvgIpc) is 3.45. The number of aromatic nitrogens is 3. The van der Waals surface area contributed by atoms with E-state index in [9.17, 15) is 22.8 Å². The number of halogens is 4. The summed E-state index contributed by atoms with van der Waals surface area (Å²) in [5.41, 5.74) is 0.130. The lowest BCUT2D eigenvalue weighted by atomic mass is 9.78. The maximum Gasteiger partial charge on any atom is 0.435 e. The Hall–Kier alpha value is -2.82. The van der Waals surface area contributed by atoms with Crippen molar-refractivity contribution in [3.63, 3.8) is 0 Å². The van der Waals surface area contributed by atoms with E-state index < -0.39 is 24.5 Å². The van der Waals surface area contributed by atoms with E-state index >= 15 is 0 Å². The minimum Gasteiger partial charge on any atom is -0.487 e. The summed E-state index contributed by atoms with van der Waals surface area (Å²) in [5, 5.41) is 7.72. The third-order valence-electron chi connectivity index (χ3n) is 8.77. The molecule has 218 valence electrons. The summed E-state index contributed by atoms with van der Waals surface area (Å²) in [6.07, 6.45) is 0.488. The second-order valence-corrected chi connectivity index (χ2v) is 11.8. The Morgan fingerprint density at radius 1 is 1.15 bits per heavy atom. The van der Waals surface area contributed by atoms with Crippen LogP contribution in [0.1, 0.15) is 74.5 Å². The number of nitrogens with zero attached hydrogens (tertiary/aromatic N) is 5. The van der Waals surface area contributed by atoms with Crippen molar-refractivity contribution in [3.8, 4) is 5.75 Å². The van der Waals surface area contributed by atoms with Crippen molar-refractivity contribution in [2.24, 2.45) is 24.8 Å². The SMILES string of the molecule is C[C@@H]1CCN(C[C@@H]2c3c(OCc4nnn(C)c4C(F)(F)F)ccc(Cl)c3CCN2C(=O)[C@@H]2CCCC[C@@H]2C)C1=O. The Balaban J connectivity index is 1.52. The predicted octanol–water partition coefficient (Wildman–Crippen LogP) is 5.19. The zero-order valence-electron chi connectivity index (χ0n) is 23.0. The van der Waals surface area contributed by atoms with Crippen molar-refractivity contribution in [2.75, 3.05) is 19.6 Å². The number of likely N-dealkylation sites (tertiary alicyclic amines) is 1. The molecule has 4 atom stereocenters. The molecule has 2 aliphatic heterocycles. The van der Waals surface area contributed by atoms with Gasteiger partial charge in [0.05, 0.1) is 6.04 Å². The monoisotopic (exact) mass is 581 g/mol. The fourth-order valence-electron chi connectivity index (χ4n) is 6.53. The predicted molar refractivity (Wildman–Crippen MR) is 141 cm³/mol. The molecule has 12 heteroatoms. The fourth-order valence-corrected chi connectivity index (χ4v) is 6.79. The van der Waals surface area contributed by atoms with Crippen molar-refractivity contribution in [1.29, 1.82) is 0 Å². The van der Waals surface area contributed by atoms with Crippen LogP contribution in [0.4, 0.5) is 13.2 Å². The molecule has 5 rings (SSSR count). The number of carbonyl (C=O) groups excluding carboxylic acids is 2. The molecule has 0 unspecified atom stereocenters. The summed E-state index contributed by atoms with van der Waals surface area (Å²) >= 11 is 6.64. The lowest BCUT2D eigenvalue weighted by Crippen LogP contribution is -2.49. The molecular weight excluding hydrogens is 547 g/mol. The van der Waals surface area contributed by atoms with Crippen LogP contribution in [-0.2, 0) is 35.8 Å². The van der Waals surface area contributed by atoms with Gasteiger partial charge in [-0.05, 0) is 49.3 Å². The maximum absolute atomic E-state index is 14.0. The molecule has 8 nitrogen and oxygen atoms in total. The van der Waals surface area contributed by atoms with E-state index in [1.165, 1.54) is 7.05 Å². The molecule has 3 aliphatic rings. The van der Waals surface area contributed by atoms with Crippen molar-refractivity contribution in [1.82, 2.24) is 24.8 Å². The Labute approximate surface area is 236 Å². The van der Waals surface area contributed by atoms with Gasteiger partial charge in [-0.15, -0.1) is 5.10 Å². The van der Waals surface area contributed by atoms with E-state index in [2.05, 4.69) is 17.2 Å². The van der Waals surface area contributed by atoms with Gasteiger partial charge in [0.2, 0.25) is 11.8 Å². The van der Waals surface area contributed by atoms with Gasteiger partial charge in [-0.1, -0.05) is 43.5 Å². The quantitative estimate of drug-likeness (QED) is 0.469. The number of amides is 2. The van der Waals surface area contributed by atoms with Crippen molar-refractivity contribution >= 4 is 23.4 Å². The average molecular weight is 582 g/mol. The number of carbonyl (C=O) groups is 2. The molecule has 0 N–H and O–H groups in total. The molecular formula is C28H35ClF3N5O3. The zero-order chi connectivity index (χ0) is 28.8. The molecule has 1 saturated heterocycles. The number of hydrogen-bond acceptors (Lipinski definition) is 5. The van der Waals surface area contributed by atoms with Crippen LogP contribution >= 0.6 is 11.6 Å². The molecule has 0 bridgehead atoms. The summed E-state index contributed by atoms with van der Waals surface area (Å²) in [4.78, 5) is 30.6. The van der Waals surface area contributed by atoms with Crippen molar-refractivity contribution < 1.29 is 27.5 Å². The van der Waals surface area contributed by atoms with Gasteiger partial charge in [-0.25, -0.2) is 4.68 Å². The molecule has 0 spiro atoms. The first-order valence-electron chi connectivity index (χ1n) is 14.0. The third kappa shape index (κ3) is 5.41. The first-order chi connectivity index (χ1) is 19.0. The van der Waals surface area contributed by atoms with Gasteiger partial charge in [-0.3, -0.25) is 9.59 Å². The molecule has 3 heterocycles. The fraction of sp³-hybridized carbons (Fsp3) is 0.643. The number of ether oxygens (including phenoxy) is 1. The minimum atomic E-state index is -4.65. The first-order valence-corrected chi connectivity index (χ1v) is 14.3. The van der Waals surface area contributed by atoms with Gasteiger partial charge >= 0.3 is 6.18 Å². The van der Waals surface area contributed by atoms with Crippen LogP contribution < -0.4 is 4.74 Å². The van der Waals surface area contributed by atoms with Gasteiger partial charge in [0, 0.05) is 49.1 Å². The standard InChI is InChI=1S/C28H35ClF3N5O3/c1-16-6-4-5-7-18(16)27(39)37-13-11-19-20(29)8-9-23(24(19)22(37)14-36-12-10-17(2)26(36)38)40-15-21-25(28(30,31)32)35(3)34-33-21/h8-9,16-18,22H,4-7,10-15H2,1-3H3/t16-,17+,18+,22+/m0/s1. The van der Waals surface area contributed by atoms with E-state index in [-0.39, 0.29) is 41.8 Å². The lowest BCUT2D eigenvalue weighted by Gasteiger charge is -2.43. The summed E-state index contributed by atoms with van der Waals surface area (Å²) in [6, 6.07) is 2.76. The van der Waals surface area contributed by atoms with E-state index in [0.29, 0.717) is 40.5 Å². The van der Waals surface area contributed by atoms with Crippen LogP contribution in [0.3, 0.4) is 0 Å². The highest BCUT2D eigenvalue weighted by Gasteiger charge is 2.42. The molecule has 2 amide bonds. The van der Waals surface area contributed by atoms with Gasteiger partial charge in [0.15, 0.2) is 5.69 Å². The van der Waals surface area contributed by atoms with Crippen LogP contribution in [0, 0.1) is 17.8 Å². The Morgan fingerprint density at radius 2 is 1.90 bits per heavy atom.